The van der Waals surface area contributed by atoms with Crippen LogP contribution in [0, 0.1) is 6.92 Å². The van der Waals surface area contributed by atoms with Gasteiger partial charge in [-0.1, -0.05) is 17.7 Å². The van der Waals surface area contributed by atoms with Crippen LogP contribution in [0.2, 0.25) is 0 Å². The first-order chi connectivity index (χ1) is 20.5. The van der Waals surface area contributed by atoms with Crippen molar-refractivity contribution in [1.29, 1.82) is 0 Å². The Morgan fingerprint density at radius 1 is 0.628 bits per heavy atom. The summed E-state index contributed by atoms with van der Waals surface area (Å²) in [6.45, 7) is 13.5. The number of benzene rings is 1. The molecule has 0 bridgehead atoms. The highest BCUT2D eigenvalue weighted by atomic mass is 32.2. The van der Waals surface area contributed by atoms with Crippen LogP contribution in [-0.2, 0) is 52.2 Å². The van der Waals surface area contributed by atoms with Gasteiger partial charge in [0, 0.05) is 13.6 Å². The molecule has 1 aromatic rings. The van der Waals surface area contributed by atoms with Crippen LogP contribution < -0.4 is 0 Å². The van der Waals surface area contributed by atoms with Crippen molar-refractivity contribution in [2.45, 2.75) is 38.2 Å². The van der Waals surface area contributed by atoms with Gasteiger partial charge in [0.2, 0.25) is 0 Å². The lowest BCUT2D eigenvalue weighted by molar-refractivity contribution is -0.0218. The number of amides is 1. The molecule has 0 saturated heterocycles. The molecule has 0 aliphatic rings. The van der Waals surface area contributed by atoms with Gasteiger partial charge in [0.05, 0.1) is 104 Å². The maximum Gasteiger partial charge on any atom is 0.410 e. The minimum atomic E-state index is -3.77. The topological polar surface area (TPSA) is 138 Å². The molecule has 0 atom stereocenters. The number of ether oxygens (including phenoxy) is 8. The number of aryl methyl sites for hydroxylation is 1. The van der Waals surface area contributed by atoms with E-state index in [1.54, 1.807) is 19.2 Å². The first-order valence-electron chi connectivity index (χ1n) is 14.5. The number of rotatable bonds is 26. The third-order valence-electron chi connectivity index (χ3n) is 5.28. The van der Waals surface area contributed by atoms with Crippen molar-refractivity contribution in [2.24, 2.45) is 0 Å². The molecule has 0 saturated carbocycles. The molecule has 0 unspecified atom stereocenters. The van der Waals surface area contributed by atoms with Gasteiger partial charge in [-0.3, -0.25) is 4.18 Å². The molecular formula is C29H51NO12S. The van der Waals surface area contributed by atoms with E-state index in [4.69, 9.17) is 42.1 Å². The number of hydrogen-bond donors (Lipinski definition) is 0. The van der Waals surface area contributed by atoms with Crippen LogP contribution >= 0.6 is 0 Å². The highest BCUT2D eigenvalue weighted by Gasteiger charge is 2.19. The second-order valence-electron chi connectivity index (χ2n) is 10.3. The van der Waals surface area contributed by atoms with Crippen LogP contribution in [0.5, 0.6) is 0 Å². The number of nitrogens with zero attached hydrogens (tertiary/aromatic N) is 1. The third kappa shape index (κ3) is 22.3. The molecule has 250 valence electrons. The van der Waals surface area contributed by atoms with Crippen molar-refractivity contribution in [1.82, 2.24) is 4.90 Å². The summed E-state index contributed by atoms with van der Waals surface area (Å²) in [7, 11) is -2.10. The summed E-state index contributed by atoms with van der Waals surface area (Å²) in [5, 5.41) is 0. The summed E-state index contributed by atoms with van der Waals surface area (Å²) in [4.78, 5) is 13.4. The van der Waals surface area contributed by atoms with E-state index >= 15 is 0 Å². The minimum absolute atomic E-state index is 0.0626. The Hall–Kier alpha value is -1.88. The Kier molecular flexibility index (Phi) is 21.4. The first kappa shape index (κ1) is 39.1. The van der Waals surface area contributed by atoms with Gasteiger partial charge in [-0.2, -0.15) is 8.42 Å². The standard InChI is InChI=1S/C29H51NO12S/c1-26-6-8-27(9-7-26)43(32,33)41-25-24-40-23-22-39-21-20-38-19-18-37-17-16-36-15-14-35-13-12-34-11-10-30(5)28(31)42-29(2,3)4/h6-9H,10-25H2,1-5H3. The molecule has 0 fully saturated rings. The summed E-state index contributed by atoms with van der Waals surface area (Å²) in [6.07, 6.45) is -0.373. The SMILES string of the molecule is Cc1ccc(S(=O)(=O)OCCOCCOCCOCCOCCOCCOCCOCCN(C)C(=O)OC(C)(C)C)cc1. The van der Waals surface area contributed by atoms with Crippen molar-refractivity contribution in [3.63, 3.8) is 0 Å². The van der Waals surface area contributed by atoms with Gasteiger partial charge >= 0.3 is 6.09 Å². The normalized spacial score (nSPS) is 12.0. The van der Waals surface area contributed by atoms with Crippen LogP contribution in [0.15, 0.2) is 29.2 Å². The van der Waals surface area contributed by atoms with E-state index in [1.165, 1.54) is 17.0 Å². The lowest BCUT2D eigenvalue weighted by atomic mass is 10.2. The fourth-order valence-corrected chi connectivity index (χ4v) is 3.92. The highest BCUT2D eigenvalue weighted by molar-refractivity contribution is 7.86. The van der Waals surface area contributed by atoms with E-state index in [9.17, 15) is 13.2 Å². The predicted molar refractivity (Wildman–Crippen MR) is 159 cm³/mol. The van der Waals surface area contributed by atoms with Crippen molar-refractivity contribution in [3.05, 3.63) is 29.8 Å². The Morgan fingerprint density at radius 2 is 0.977 bits per heavy atom. The maximum absolute atomic E-state index is 12.1. The Labute approximate surface area is 257 Å². The van der Waals surface area contributed by atoms with Gasteiger partial charge in [0.15, 0.2) is 0 Å². The number of hydrogen-bond acceptors (Lipinski definition) is 12. The van der Waals surface area contributed by atoms with E-state index < -0.39 is 15.7 Å². The van der Waals surface area contributed by atoms with E-state index in [-0.39, 0.29) is 24.2 Å². The zero-order valence-electron chi connectivity index (χ0n) is 26.4. The minimum Gasteiger partial charge on any atom is -0.444 e. The van der Waals surface area contributed by atoms with E-state index in [1.807, 2.05) is 27.7 Å². The van der Waals surface area contributed by atoms with Crippen LogP contribution in [0.25, 0.3) is 0 Å². The van der Waals surface area contributed by atoms with Gasteiger partial charge < -0.3 is 42.8 Å². The molecule has 43 heavy (non-hydrogen) atoms. The number of carbonyl (C=O) groups is 1. The van der Waals surface area contributed by atoms with Crippen LogP contribution in [0.3, 0.4) is 0 Å². The van der Waals surface area contributed by atoms with Gasteiger partial charge in [-0.25, -0.2) is 4.79 Å². The van der Waals surface area contributed by atoms with Crippen LogP contribution in [0.4, 0.5) is 4.79 Å². The Balaban J connectivity index is 1.77. The van der Waals surface area contributed by atoms with Gasteiger partial charge in [0.1, 0.15) is 5.60 Å². The lowest BCUT2D eigenvalue weighted by Crippen LogP contribution is -2.36. The van der Waals surface area contributed by atoms with Gasteiger partial charge in [-0.05, 0) is 39.8 Å². The van der Waals surface area contributed by atoms with Gasteiger partial charge in [-0.15, -0.1) is 0 Å². The van der Waals surface area contributed by atoms with E-state index in [0.29, 0.717) is 92.4 Å². The summed E-state index contributed by atoms with van der Waals surface area (Å²) < 4.78 is 72.3. The average molecular weight is 638 g/mol. The molecular weight excluding hydrogens is 586 g/mol. The summed E-state index contributed by atoms with van der Waals surface area (Å²) in [5.41, 5.74) is 0.456. The lowest BCUT2D eigenvalue weighted by Gasteiger charge is -2.24. The maximum atomic E-state index is 12.1. The number of carbonyl (C=O) groups excluding carboxylic acids is 1. The van der Waals surface area contributed by atoms with Crippen molar-refractivity contribution in [3.8, 4) is 0 Å². The van der Waals surface area contributed by atoms with Crippen molar-refractivity contribution >= 4 is 16.2 Å². The van der Waals surface area contributed by atoms with Crippen LogP contribution in [0.1, 0.15) is 26.3 Å². The zero-order valence-corrected chi connectivity index (χ0v) is 27.2. The monoisotopic (exact) mass is 637 g/mol. The molecule has 0 radical (unpaired) electrons. The zero-order chi connectivity index (χ0) is 31.8. The predicted octanol–water partition coefficient (Wildman–Crippen LogP) is 2.68. The molecule has 1 amide bonds. The Bertz CT molecular complexity index is 938. The average Bonchev–Trinajstić information content (AvgIpc) is 2.94. The summed E-state index contributed by atoms with van der Waals surface area (Å²) in [5.74, 6) is 0. The van der Waals surface area contributed by atoms with E-state index in [0.717, 1.165) is 5.56 Å². The molecule has 0 aliphatic heterocycles. The molecule has 1 rings (SSSR count). The third-order valence-corrected chi connectivity index (χ3v) is 6.61. The summed E-state index contributed by atoms with van der Waals surface area (Å²) in [6, 6.07) is 6.47. The van der Waals surface area contributed by atoms with E-state index in [2.05, 4.69) is 0 Å². The second kappa shape index (κ2) is 23.5. The first-order valence-corrected chi connectivity index (χ1v) is 15.9. The Morgan fingerprint density at radius 3 is 1.35 bits per heavy atom. The summed E-state index contributed by atoms with van der Waals surface area (Å²) >= 11 is 0. The molecule has 0 heterocycles. The molecule has 0 aliphatic carbocycles. The molecule has 13 nitrogen and oxygen atoms in total. The quantitative estimate of drug-likeness (QED) is 0.109. The fourth-order valence-electron chi connectivity index (χ4n) is 3.03. The largest absolute Gasteiger partial charge is 0.444 e. The molecule has 14 heteroatoms. The van der Waals surface area contributed by atoms with Crippen molar-refractivity contribution in [2.75, 3.05) is 113 Å². The second-order valence-corrected chi connectivity index (χ2v) is 11.9. The smallest absolute Gasteiger partial charge is 0.410 e. The molecule has 1 aromatic carbocycles. The van der Waals surface area contributed by atoms with Crippen molar-refractivity contribution < 1.29 is 55.3 Å². The molecule has 0 spiro atoms. The number of likely N-dealkylation sites (N-methyl/N-ethyl adjacent to an activating group) is 1. The van der Waals surface area contributed by atoms with Crippen LogP contribution in [-0.4, -0.2) is 138 Å². The highest BCUT2D eigenvalue weighted by Crippen LogP contribution is 2.13. The fraction of sp³-hybridized carbons (Fsp3) is 0.759. The van der Waals surface area contributed by atoms with Gasteiger partial charge in [0.25, 0.3) is 10.1 Å². The molecule has 0 aromatic heterocycles. The molecule has 0 N–H and O–H groups in total.